The minimum atomic E-state index is 0.155. The largest absolute Gasteiger partial charge is 0.336 e. The second kappa shape index (κ2) is 5.74. The van der Waals surface area contributed by atoms with Gasteiger partial charge >= 0.3 is 0 Å². The van der Waals surface area contributed by atoms with Gasteiger partial charge in [-0.15, -0.1) is 0 Å². The van der Waals surface area contributed by atoms with Gasteiger partial charge in [-0.25, -0.2) is 0 Å². The van der Waals surface area contributed by atoms with Crippen molar-refractivity contribution in [2.45, 2.75) is 32.4 Å². The molecule has 4 heteroatoms. The molecule has 1 aliphatic carbocycles. The van der Waals surface area contributed by atoms with Gasteiger partial charge < -0.3 is 10.2 Å². The van der Waals surface area contributed by atoms with Crippen molar-refractivity contribution in [2.24, 2.45) is 11.8 Å². The predicted molar refractivity (Wildman–Crippen MR) is 80.5 cm³/mol. The molecule has 1 heterocycles. The molecule has 1 saturated heterocycles. The topological polar surface area (TPSA) is 32.3 Å². The van der Waals surface area contributed by atoms with Gasteiger partial charge in [-0.05, 0) is 49.4 Å². The first-order valence-corrected chi connectivity index (χ1v) is 7.74. The molecule has 0 spiro atoms. The molecule has 3 rings (SSSR count). The van der Waals surface area contributed by atoms with Gasteiger partial charge in [-0.2, -0.15) is 0 Å². The van der Waals surface area contributed by atoms with E-state index in [0.29, 0.717) is 12.6 Å². The van der Waals surface area contributed by atoms with Gasteiger partial charge in [-0.1, -0.05) is 29.8 Å². The van der Waals surface area contributed by atoms with Gasteiger partial charge in [0.1, 0.15) is 0 Å². The monoisotopic (exact) mass is 292 g/mol. The molecule has 1 amide bonds. The molecule has 3 atom stereocenters. The van der Waals surface area contributed by atoms with Crippen molar-refractivity contribution in [2.75, 3.05) is 13.1 Å². The molecule has 0 bridgehead atoms. The number of amides is 1. The van der Waals surface area contributed by atoms with E-state index in [-0.39, 0.29) is 5.91 Å². The van der Waals surface area contributed by atoms with Gasteiger partial charge in [0.25, 0.3) is 0 Å². The van der Waals surface area contributed by atoms with Gasteiger partial charge in [0.15, 0.2) is 0 Å². The first-order valence-electron chi connectivity index (χ1n) is 7.36. The Morgan fingerprint density at radius 3 is 2.55 bits per heavy atom. The Morgan fingerprint density at radius 2 is 1.95 bits per heavy atom. The maximum atomic E-state index is 12.0. The van der Waals surface area contributed by atoms with Crippen molar-refractivity contribution in [3.63, 3.8) is 0 Å². The van der Waals surface area contributed by atoms with Crippen LogP contribution in [0.15, 0.2) is 24.3 Å². The number of benzene rings is 1. The standard InChI is InChI=1S/C16H21ClN2O/c1-11(20)19(10-12-4-2-3-5-16(12)17)15-6-13-8-18-9-14(13)7-15/h2-5,13-15,18H,6-10H2,1H3/t13-,14+,15?. The van der Waals surface area contributed by atoms with E-state index in [0.717, 1.165) is 48.4 Å². The van der Waals surface area contributed by atoms with Crippen LogP contribution in [-0.4, -0.2) is 29.9 Å². The number of fused-ring (bicyclic) bond motifs is 1. The lowest BCUT2D eigenvalue weighted by molar-refractivity contribution is -0.131. The molecule has 1 saturated carbocycles. The van der Waals surface area contributed by atoms with E-state index in [2.05, 4.69) is 5.32 Å². The number of nitrogens with one attached hydrogen (secondary N) is 1. The molecule has 108 valence electrons. The zero-order valence-corrected chi connectivity index (χ0v) is 12.6. The minimum Gasteiger partial charge on any atom is -0.336 e. The van der Waals surface area contributed by atoms with E-state index in [9.17, 15) is 4.79 Å². The Morgan fingerprint density at radius 1 is 1.30 bits per heavy atom. The Bertz CT molecular complexity index is 493. The summed E-state index contributed by atoms with van der Waals surface area (Å²) >= 11 is 6.23. The van der Waals surface area contributed by atoms with Gasteiger partial charge in [0, 0.05) is 24.5 Å². The van der Waals surface area contributed by atoms with E-state index < -0.39 is 0 Å². The van der Waals surface area contributed by atoms with E-state index >= 15 is 0 Å². The fourth-order valence-corrected chi connectivity index (χ4v) is 3.89. The quantitative estimate of drug-likeness (QED) is 0.929. The zero-order valence-electron chi connectivity index (χ0n) is 11.8. The predicted octanol–water partition coefficient (Wildman–Crippen LogP) is 2.69. The summed E-state index contributed by atoms with van der Waals surface area (Å²) in [6.07, 6.45) is 2.25. The zero-order chi connectivity index (χ0) is 14.1. The third-order valence-corrected chi connectivity index (χ3v) is 5.14. The molecular weight excluding hydrogens is 272 g/mol. The lowest BCUT2D eigenvalue weighted by atomic mass is 10.0. The molecule has 0 radical (unpaired) electrons. The van der Waals surface area contributed by atoms with E-state index in [1.54, 1.807) is 6.92 Å². The molecule has 1 unspecified atom stereocenters. The minimum absolute atomic E-state index is 0.155. The number of carbonyl (C=O) groups excluding carboxylic acids is 1. The van der Waals surface area contributed by atoms with Gasteiger partial charge in [-0.3, -0.25) is 4.79 Å². The molecule has 20 heavy (non-hydrogen) atoms. The average molecular weight is 293 g/mol. The maximum Gasteiger partial charge on any atom is 0.219 e. The van der Waals surface area contributed by atoms with Crippen LogP contribution in [0.2, 0.25) is 5.02 Å². The molecule has 0 aromatic heterocycles. The summed E-state index contributed by atoms with van der Waals surface area (Å²) in [4.78, 5) is 14.0. The number of carbonyl (C=O) groups is 1. The van der Waals surface area contributed by atoms with Crippen molar-refractivity contribution >= 4 is 17.5 Å². The second-order valence-corrected chi connectivity index (χ2v) is 6.45. The van der Waals surface area contributed by atoms with Crippen molar-refractivity contribution in [3.05, 3.63) is 34.9 Å². The van der Waals surface area contributed by atoms with Crippen LogP contribution >= 0.6 is 11.6 Å². The molecule has 3 nitrogen and oxygen atoms in total. The number of rotatable bonds is 3. The molecule has 1 aromatic rings. The highest BCUT2D eigenvalue weighted by molar-refractivity contribution is 6.31. The van der Waals surface area contributed by atoms with Crippen LogP contribution < -0.4 is 5.32 Å². The number of hydrogen-bond donors (Lipinski definition) is 1. The number of halogens is 1. The highest BCUT2D eigenvalue weighted by Crippen LogP contribution is 2.37. The van der Waals surface area contributed by atoms with Crippen molar-refractivity contribution in [3.8, 4) is 0 Å². The van der Waals surface area contributed by atoms with Gasteiger partial charge in [0.05, 0.1) is 0 Å². The Balaban J connectivity index is 1.74. The third kappa shape index (κ3) is 2.70. The fraction of sp³-hybridized carbons (Fsp3) is 0.562. The van der Waals surface area contributed by atoms with Crippen LogP contribution in [0, 0.1) is 11.8 Å². The maximum absolute atomic E-state index is 12.0. The lowest BCUT2D eigenvalue weighted by Crippen LogP contribution is -2.38. The summed E-state index contributed by atoms with van der Waals surface area (Å²) in [6, 6.07) is 8.18. The summed E-state index contributed by atoms with van der Waals surface area (Å²) in [5.74, 6) is 1.64. The van der Waals surface area contributed by atoms with Crippen LogP contribution in [0.25, 0.3) is 0 Å². The first kappa shape index (κ1) is 13.9. The van der Waals surface area contributed by atoms with E-state index in [4.69, 9.17) is 11.6 Å². The highest BCUT2D eigenvalue weighted by Gasteiger charge is 2.40. The van der Waals surface area contributed by atoms with Gasteiger partial charge in [0.2, 0.25) is 5.91 Å². The number of hydrogen-bond acceptors (Lipinski definition) is 2. The Hall–Kier alpha value is -1.06. The molecule has 1 aliphatic heterocycles. The van der Waals surface area contributed by atoms with Crippen LogP contribution in [0.5, 0.6) is 0 Å². The van der Waals surface area contributed by atoms with Crippen LogP contribution in [-0.2, 0) is 11.3 Å². The van der Waals surface area contributed by atoms with Crippen molar-refractivity contribution in [1.82, 2.24) is 10.2 Å². The summed E-state index contributed by atoms with van der Waals surface area (Å²) in [6.45, 7) is 4.52. The van der Waals surface area contributed by atoms with E-state index in [1.807, 2.05) is 29.2 Å². The molecular formula is C16H21ClN2O. The first-order chi connectivity index (χ1) is 9.65. The second-order valence-electron chi connectivity index (χ2n) is 6.04. The Labute approximate surface area is 125 Å². The van der Waals surface area contributed by atoms with Crippen LogP contribution in [0.4, 0.5) is 0 Å². The SMILES string of the molecule is CC(=O)N(Cc1ccccc1Cl)C1C[C@H]2CNC[C@H]2C1. The summed E-state index contributed by atoms with van der Waals surface area (Å²) in [7, 11) is 0. The van der Waals surface area contributed by atoms with Crippen molar-refractivity contribution in [1.29, 1.82) is 0 Å². The van der Waals surface area contributed by atoms with Crippen LogP contribution in [0.1, 0.15) is 25.3 Å². The molecule has 1 N–H and O–H groups in total. The summed E-state index contributed by atoms with van der Waals surface area (Å²) in [5.41, 5.74) is 1.04. The normalized spacial score (nSPS) is 28.4. The smallest absolute Gasteiger partial charge is 0.219 e. The Kier molecular flexibility index (Phi) is 3.99. The molecule has 2 fully saturated rings. The highest BCUT2D eigenvalue weighted by atomic mass is 35.5. The average Bonchev–Trinajstić information content (AvgIpc) is 2.98. The van der Waals surface area contributed by atoms with E-state index in [1.165, 1.54) is 0 Å². The molecule has 1 aromatic carbocycles. The summed E-state index contributed by atoms with van der Waals surface area (Å²) < 4.78 is 0. The lowest BCUT2D eigenvalue weighted by Gasteiger charge is -2.29. The molecule has 2 aliphatic rings. The third-order valence-electron chi connectivity index (χ3n) is 4.77. The number of nitrogens with zero attached hydrogens (tertiary/aromatic N) is 1. The van der Waals surface area contributed by atoms with Crippen LogP contribution in [0.3, 0.4) is 0 Å². The summed E-state index contributed by atoms with van der Waals surface area (Å²) in [5, 5.41) is 4.20. The fourth-order valence-electron chi connectivity index (χ4n) is 3.70. The van der Waals surface area contributed by atoms with Crippen molar-refractivity contribution < 1.29 is 4.79 Å².